The monoisotopic (exact) mass is 197 g/mol. The van der Waals surface area contributed by atoms with Crippen LogP contribution in [0.15, 0.2) is 0 Å². The van der Waals surface area contributed by atoms with Gasteiger partial charge in [-0.05, 0) is 14.0 Å². The van der Waals surface area contributed by atoms with Crippen molar-refractivity contribution in [3.63, 3.8) is 0 Å². The van der Waals surface area contributed by atoms with Gasteiger partial charge in [0.25, 0.3) is 0 Å². The predicted molar refractivity (Wildman–Crippen MR) is 55.6 cm³/mol. The summed E-state index contributed by atoms with van der Waals surface area (Å²) < 4.78 is 0. The molecule has 4 heteroatoms. The molecule has 0 spiro atoms. The summed E-state index contributed by atoms with van der Waals surface area (Å²) in [5.74, 6) is 0.149. The summed E-state index contributed by atoms with van der Waals surface area (Å²) in [5, 5.41) is 8.60. The minimum Gasteiger partial charge on any atom is -0.349 e. The molecule has 0 aromatic rings. The van der Waals surface area contributed by atoms with E-state index in [9.17, 15) is 4.79 Å². The molecule has 0 aromatic carbocycles. The van der Waals surface area contributed by atoms with E-state index in [1.54, 1.807) is 19.0 Å². The van der Waals surface area contributed by atoms with E-state index in [1.807, 2.05) is 18.9 Å². The lowest BCUT2D eigenvalue weighted by Crippen LogP contribution is -2.30. The molecule has 1 atom stereocenters. The Kier molecular flexibility index (Phi) is 5.89. The molecule has 0 aliphatic heterocycles. The van der Waals surface area contributed by atoms with Crippen molar-refractivity contribution < 1.29 is 4.79 Å². The van der Waals surface area contributed by atoms with Crippen molar-refractivity contribution in [1.82, 2.24) is 9.80 Å². The first-order chi connectivity index (χ1) is 6.47. The molecule has 0 saturated carbocycles. The van der Waals surface area contributed by atoms with Gasteiger partial charge < -0.3 is 9.80 Å². The molecule has 0 rings (SSSR count). The van der Waals surface area contributed by atoms with E-state index in [0.717, 1.165) is 6.54 Å². The third-order valence-corrected chi connectivity index (χ3v) is 2.01. The van der Waals surface area contributed by atoms with E-state index in [-0.39, 0.29) is 11.8 Å². The molecule has 0 N–H and O–H groups in total. The zero-order chi connectivity index (χ0) is 11.1. The second-order valence-corrected chi connectivity index (χ2v) is 3.83. The fourth-order valence-electron chi connectivity index (χ4n) is 1.11. The zero-order valence-electron chi connectivity index (χ0n) is 9.45. The third kappa shape index (κ3) is 5.55. The number of carbonyl (C=O) groups excluding carboxylic acids is 1. The Morgan fingerprint density at radius 3 is 2.43 bits per heavy atom. The summed E-state index contributed by atoms with van der Waals surface area (Å²) in [6.07, 6.45) is 0.516. The predicted octanol–water partition coefficient (Wildman–Crippen LogP) is 0.556. The van der Waals surface area contributed by atoms with Crippen LogP contribution in [-0.4, -0.2) is 49.9 Å². The van der Waals surface area contributed by atoms with E-state index in [1.165, 1.54) is 0 Å². The maximum atomic E-state index is 11.2. The Labute approximate surface area is 86.1 Å². The van der Waals surface area contributed by atoms with Gasteiger partial charge >= 0.3 is 0 Å². The minimum atomic E-state index is 0.0226. The maximum absolute atomic E-state index is 11.2. The van der Waals surface area contributed by atoms with Crippen LogP contribution in [0.4, 0.5) is 0 Å². The Bertz CT molecular complexity index is 220. The van der Waals surface area contributed by atoms with Crippen LogP contribution in [0.3, 0.4) is 0 Å². The van der Waals surface area contributed by atoms with Crippen LogP contribution in [0.25, 0.3) is 0 Å². The van der Waals surface area contributed by atoms with Crippen LogP contribution < -0.4 is 0 Å². The number of nitrogens with zero attached hydrogens (tertiary/aromatic N) is 3. The maximum Gasteiger partial charge on any atom is 0.223 e. The van der Waals surface area contributed by atoms with Crippen molar-refractivity contribution in [1.29, 1.82) is 5.26 Å². The highest BCUT2D eigenvalue weighted by molar-refractivity contribution is 5.75. The van der Waals surface area contributed by atoms with Gasteiger partial charge in [0, 0.05) is 33.6 Å². The van der Waals surface area contributed by atoms with Gasteiger partial charge in [-0.2, -0.15) is 5.26 Å². The fourth-order valence-corrected chi connectivity index (χ4v) is 1.11. The van der Waals surface area contributed by atoms with Crippen LogP contribution in [0, 0.1) is 17.2 Å². The first-order valence-corrected chi connectivity index (χ1v) is 4.75. The first-order valence-electron chi connectivity index (χ1n) is 4.75. The van der Waals surface area contributed by atoms with Crippen molar-refractivity contribution in [2.45, 2.75) is 13.3 Å². The molecule has 80 valence electrons. The molecule has 4 nitrogen and oxygen atoms in total. The summed E-state index contributed by atoms with van der Waals surface area (Å²) in [6.45, 7) is 3.31. The lowest BCUT2D eigenvalue weighted by atomic mass is 10.2. The minimum absolute atomic E-state index is 0.0226. The molecule has 0 aliphatic rings. The van der Waals surface area contributed by atoms with Gasteiger partial charge in [-0.15, -0.1) is 0 Å². The van der Waals surface area contributed by atoms with E-state index >= 15 is 0 Å². The molecule has 0 fully saturated rings. The fraction of sp³-hybridized carbons (Fsp3) is 0.800. The molecule has 0 aliphatic carbocycles. The standard InChI is InChI=1S/C10H19N3O/c1-9(7-11)8-13(4)6-5-10(14)12(2)3/h9H,5-6,8H2,1-4H3. The zero-order valence-corrected chi connectivity index (χ0v) is 9.45. The Balaban J connectivity index is 3.70. The third-order valence-electron chi connectivity index (χ3n) is 2.01. The largest absolute Gasteiger partial charge is 0.349 e. The van der Waals surface area contributed by atoms with Crippen molar-refractivity contribution in [3.8, 4) is 6.07 Å². The van der Waals surface area contributed by atoms with Crippen LogP contribution in [-0.2, 0) is 4.79 Å². The van der Waals surface area contributed by atoms with Gasteiger partial charge in [-0.1, -0.05) is 0 Å². The molecule has 0 aromatic heterocycles. The normalized spacial score (nSPS) is 12.3. The van der Waals surface area contributed by atoms with Gasteiger partial charge in [-0.25, -0.2) is 0 Å². The highest BCUT2D eigenvalue weighted by Gasteiger charge is 2.08. The lowest BCUT2D eigenvalue weighted by Gasteiger charge is -2.18. The smallest absolute Gasteiger partial charge is 0.223 e. The Morgan fingerprint density at radius 1 is 1.43 bits per heavy atom. The average Bonchev–Trinajstić information content (AvgIpc) is 2.13. The van der Waals surface area contributed by atoms with Crippen molar-refractivity contribution in [2.24, 2.45) is 5.92 Å². The molecule has 0 radical (unpaired) electrons. The topological polar surface area (TPSA) is 47.3 Å². The van der Waals surface area contributed by atoms with E-state index in [2.05, 4.69) is 6.07 Å². The van der Waals surface area contributed by atoms with Gasteiger partial charge in [0.2, 0.25) is 5.91 Å². The molecular formula is C10H19N3O. The van der Waals surface area contributed by atoms with Crippen LogP contribution >= 0.6 is 0 Å². The quantitative estimate of drug-likeness (QED) is 0.647. The lowest BCUT2D eigenvalue weighted by molar-refractivity contribution is -0.128. The summed E-state index contributed by atoms with van der Waals surface area (Å²) in [7, 11) is 5.43. The molecule has 1 unspecified atom stereocenters. The summed E-state index contributed by atoms with van der Waals surface area (Å²) in [5.41, 5.74) is 0. The second-order valence-electron chi connectivity index (χ2n) is 3.83. The molecule has 1 amide bonds. The molecular weight excluding hydrogens is 178 g/mol. The molecule has 0 heterocycles. The number of carbonyl (C=O) groups is 1. The molecule has 14 heavy (non-hydrogen) atoms. The Hall–Kier alpha value is -1.08. The van der Waals surface area contributed by atoms with Crippen LogP contribution in [0.2, 0.25) is 0 Å². The van der Waals surface area contributed by atoms with Crippen molar-refractivity contribution in [2.75, 3.05) is 34.2 Å². The summed E-state index contributed by atoms with van der Waals surface area (Å²) >= 11 is 0. The summed E-state index contributed by atoms with van der Waals surface area (Å²) in [4.78, 5) is 14.8. The summed E-state index contributed by atoms with van der Waals surface area (Å²) in [6, 6.07) is 2.17. The van der Waals surface area contributed by atoms with Gasteiger partial charge in [0.1, 0.15) is 0 Å². The van der Waals surface area contributed by atoms with E-state index in [0.29, 0.717) is 13.0 Å². The van der Waals surface area contributed by atoms with Crippen molar-refractivity contribution in [3.05, 3.63) is 0 Å². The highest BCUT2D eigenvalue weighted by atomic mass is 16.2. The SMILES string of the molecule is CC(C#N)CN(C)CCC(=O)N(C)C. The number of rotatable bonds is 5. The highest BCUT2D eigenvalue weighted by Crippen LogP contribution is 1.97. The number of amides is 1. The number of hydrogen-bond acceptors (Lipinski definition) is 3. The van der Waals surface area contributed by atoms with Gasteiger partial charge in [-0.3, -0.25) is 4.79 Å². The van der Waals surface area contributed by atoms with Gasteiger partial charge in [0.15, 0.2) is 0 Å². The Morgan fingerprint density at radius 2 is 2.00 bits per heavy atom. The second kappa shape index (κ2) is 6.39. The van der Waals surface area contributed by atoms with Crippen LogP contribution in [0.5, 0.6) is 0 Å². The molecule has 0 bridgehead atoms. The molecule has 0 saturated heterocycles. The average molecular weight is 197 g/mol. The van der Waals surface area contributed by atoms with E-state index < -0.39 is 0 Å². The first kappa shape index (κ1) is 12.9. The van der Waals surface area contributed by atoms with E-state index in [4.69, 9.17) is 5.26 Å². The van der Waals surface area contributed by atoms with Gasteiger partial charge in [0.05, 0.1) is 12.0 Å². The number of nitriles is 1. The van der Waals surface area contributed by atoms with Crippen molar-refractivity contribution >= 4 is 5.91 Å². The van der Waals surface area contributed by atoms with Crippen LogP contribution in [0.1, 0.15) is 13.3 Å². The number of hydrogen-bond donors (Lipinski definition) is 0.